The molecule has 4 heteroatoms. The van der Waals surface area contributed by atoms with E-state index in [1.165, 1.54) is 21.7 Å². The standard InChI is InChI=1S/C17H15NO2S/c19-17(8-7-14-4-3-11-20-14)18-10-9-13-12-21-16-6-2-1-5-15(13)16/h1-8,11-12H,9-10H2,(H,18,19)/b8-7+. The molecule has 3 nitrogen and oxygen atoms in total. The minimum Gasteiger partial charge on any atom is -0.465 e. The fraction of sp³-hybridized carbons (Fsp3) is 0.118. The Bertz CT molecular complexity index is 756. The molecule has 1 aromatic carbocycles. The van der Waals surface area contributed by atoms with Gasteiger partial charge < -0.3 is 9.73 Å². The normalized spacial score (nSPS) is 11.2. The molecule has 0 radical (unpaired) electrons. The molecule has 0 fully saturated rings. The van der Waals surface area contributed by atoms with Gasteiger partial charge in [-0.15, -0.1) is 11.3 Å². The van der Waals surface area contributed by atoms with E-state index in [9.17, 15) is 4.79 Å². The van der Waals surface area contributed by atoms with Crippen molar-refractivity contribution in [2.75, 3.05) is 6.54 Å². The molecule has 0 aliphatic carbocycles. The summed E-state index contributed by atoms with van der Waals surface area (Å²) in [5.74, 6) is 0.569. The Balaban J connectivity index is 1.53. The molecule has 1 N–H and O–H groups in total. The van der Waals surface area contributed by atoms with Crippen molar-refractivity contribution in [1.29, 1.82) is 0 Å². The quantitative estimate of drug-likeness (QED) is 0.726. The first-order chi connectivity index (χ1) is 10.3. The van der Waals surface area contributed by atoms with Gasteiger partial charge in [-0.05, 0) is 47.0 Å². The van der Waals surface area contributed by atoms with Crippen molar-refractivity contribution >= 4 is 33.4 Å². The minimum absolute atomic E-state index is 0.106. The summed E-state index contributed by atoms with van der Waals surface area (Å²) in [6, 6.07) is 11.9. The molecule has 0 spiro atoms. The summed E-state index contributed by atoms with van der Waals surface area (Å²) < 4.78 is 6.42. The summed E-state index contributed by atoms with van der Waals surface area (Å²) in [7, 11) is 0. The number of thiophene rings is 1. The van der Waals surface area contributed by atoms with Crippen molar-refractivity contribution in [3.05, 3.63) is 65.4 Å². The first kappa shape index (κ1) is 13.6. The minimum atomic E-state index is -0.106. The molecule has 0 aliphatic heterocycles. The van der Waals surface area contributed by atoms with E-state index in [0.717, 1.165) is 6.42 Å². The Morgan fingerprint density at radius 3 is 3.00 bits per heavy atom. The van der Waals surface area contributed by atoms with E-state index in [-0.39, 0.29) is 5.91 Å². The van der Waals surface area contributed by atoms with Gasteiger partial charge in [0, 0.05) is 17.3 Å². The molecule has 1 amide bonds. The van der Waals surface area contributed by atoms with Crippen LogP contribution in [0.15, 0.2) is 58.5 Å². The number of nitrogens with one attached hydrogen (secondary N) is 1. The molecule has 106 valence electrons. The second-order valence-electron chi connectivity index (χ2n) is 4.65. The smallest absolute Gasteiger partial charge is 0.244 e. The maximum atomic E-state index is 11.7. The van der Waals surface area contributed by atoms with Gasteiger partial charge in [-0.3, -0.25) is 4.79 Å². The van der Waals surface area contributed by atoms with E-state index in [1.807, 2.05) is 12.1 Å². The van der Waals surface area contributed by atoms with Crippen LogP contribution in [0, 0.1) is 0 Å². The number of fused-ring (bicyclic) bond motifs is 1. The molecular weight excluding hydrogens is 282 g/mol. The largest absolute Gasteiger partial charge is 0.465 e. The van der Waals surface area contributed by atoms with Gasteiger partial charge in [0.1, 0.15) is 5.76 Å². The molecule has 3 aromatic rings. The maximum Gasteiger partial charge on any atom is 0.244 e. The van der Waals surface area contributed by atoms with Crippen LogP contribution in [-0.4, -0.2) is 12.5 Å². The van der Waals surface area contributed by atoms with Crippen molar-refractivity contribution in [2.24, 2.45) is 0 Å². The van der Waals surface area contributed by atoms with Crippen LogP contribution in [-0.2, 0) is 11.2 Å². The van der Waals surface area contributed by atoms with E-state index in [4.69, 9.17) is 4.42 Å². The summed E-state index contributed by atoms with van der Waals surface area (Å²) >= 11 is 1.74. The van der Waals surface area contributed by atoms with Crippen LogP contribution in [0.4, 0.5) is 0 Å². The average Bonchev–Trinajstić information content (AvgIpc) is 3.15. The van der Waals surface area contributed by atoms with Crippen molar-refractivity contribution in [1.82, 2.24) is 5.32 Å². The molecule has 2 heterocycles. The second kappa shape index (κ2) is 6.41. The zero-order valence-electron chi connectivity index (χ0n) is 11.4. The van der Waals surface area contributed by atoms with Crippen LogP contribution in [0.1, 0.15) is 11.3 Å². The lowest BCUT2D eigenvalue weighted by atomic mass is 10.1. The van der Waals surface area contributed by atoms with Crippen molar-refractivity contribution in [3.63, 3.8) is 0 Å². The summed E-state index contributed by atoms with van der Waals surface area (Å²) in [5.41, 5.74) is 1.28. The Kier molecular flexibility index (Phi) is 4.17. The molecular formula is C17H15NO2S. The van der Waals surface area contributed by atoms with Crippen LogP contribution in [0.2, 0.25) is 0 Å². The summed E-state index contributed by atoms with van der Waals surface area (Å²) in [6.45, 7) is 0.627. The highest BCUT2D eigenvalue weighted by atomic mass is 32.1. The van der Waals surface area contributed by atoms with Crippen LogP contribution in [0.3, 0.4) is 0 Å². The summed E-state index contributed by atoms with van der Waals surface area (Å²) in [5, 5.41) is 6.33. The predicted octanol–water partition coefficient (Wildman–Crippen LogP) is 3.87. The Labute approximate surface area is 126 Å². The number of carbonyl (C=O) groups excluding carboxylic acids is 1. The van der Waals surface area contributed by atoms with Gasteiger partial charge in [-0.25, -0.2) is 0 Å². The lowest BCUT2D eigenvalue weighted by molar-refractivity contribution is -0.116. The van der Waals surface area contributed by atoms with Crippen LogP contribution in [0.25, 0.3) is 16.2 Å². The summed E-state index contributed by atoms with van der Waals surface area (Å²) in [6.07, 6.45) is 5.57. The number of furan rings is 1. The highest BCUT2D eigenvalue weighted by Crippen LogP contribution is 2.25. The Morgan fingerprint density at radius 1 is 1.24 bits per heavy atom. The number of hydrogen-bond acceptors (Lipinski definition) is 3. The SMILES string of the molecule is O=C(/C=C/c1ccco1)NCCc1csc2ccccc12. The van der Waals surface area contributed by atoms with E-state index in [1.54, 1.807) is 35.8 Å². The number of benzene rings is 1. The van der Waals surface area contributed by atoms with Gasteiger partial charge in [-0.2, -0.15) is 0 Å². The predicted molar refractivity (Wildman–Crippen MR) is 86.3 cm³/mol. The number of carbonyl (C=O) groups is 1. The molecule has 21 heavy (non-hydrogen) atoms. The van der Waals surface area contributed by atoms with Gasteiger partial charge in [0.2, 0.25) is 5.91 Å². The molecule has 0 bridgehead atoms. The molecule has 0 aliphatic rings. The molecule has 0 unspecified atom stereocenters. The van der Waals surface area contributed by atoms with Gasteiger partial charge in [0.15, 0.2) is 0 Å². The fourth-order valence-electron chi connectivity index (χ4n) is 2.15. The number of rotatable bonds is 5. The zero-order chi connectivity index (χ0) is 14.5. The average molecular weight is 297 g/mol. The van der Waals surface area contributed by atoms with E-state index in [2.05, 4.69) is 22.8 Å². The maximum absolute atomic E-state index is 11.7. The third-order valence-electron chi connectivity index (χ3n) is 3.20. The number of amides is 1. The lowest BCUT2D eigenvalue weighted by Gasteiger charge is -2.01. The van der Waals surface area contributed by atoms with Gasteiger partial charge in [0.25, 0.3) is 0 Å². The van der Waals surface area contributed by atoms with E-state index < -0.39 is 0 Å². The monoisotopic (exact) mass is 297 g/mol. The molecule has 3 rings (SSSR count). The fourth-order valence-corrected chi connectivity index (χ4v) is 3.15. The third kappa shape index (κ3) is 3.41. The van der Waals surface area contributed by atoms with Crippen LogP contribution in [0.5, 0.6) is 0 Å². The van der Waals surface area contributed by atoms with Gasteiger partial charge >= 0.3 is 0 Å². The third-order valence-corrected chi connectivity index (χ3v) is 4.21. The van der Waals surface area contributed by atoms with E-state index in [0.29, 0.717) is 12.3 Å². The lowest BCUT2D eigenvalue weighted by Crippen LogP contribution is -2.23. The summed E-state index contributed by atoms with van der Waals surface area (Å²) in [4.78, 5) is 11.7. The van der Waals surface area contributed by atoms with Gasteiger partial charge in [-0.1, -0.05) is 18.2 Å². The highest BCUT2D eigenvalue weighted by molar-refractivity contribution is 7.17. The van der Waals surface area contributed by atoms with Gasteiger partial charge in [0.05, 0.1) is 6.26 Å². The molecule has 0 atom stereocenters. The second-order valence-corrected chi connectivity index (χ2v) is 5.56. The van der Waals surface area contributed by atoms with Crippen LogP contribution >= 0.6 is 11.3 Å². The van der Waals surface area contributed by atoms with E-state index >= 15 is 0 Å². The van der Waals surface area contributed by atoms with Crippen LogP contribution < -0.4 is 5.32 Å². The molecule has 2 aromatic heterocycles. The first-order valence-electron chi connectivity index (χ1n) is 6.77. The number of hydrogen-bond donors (Lipinski definition) is 1. The molecule has 0 saturated carbocycles. The highest BCUT2D eigenvalue weighted by Gasteiger charge is 2.03. The van der Waals surface area contributed by atoms with Crippen molar-refractivity contribution in [3.8, 4) is 0 Å². The topological polar surface area (TPSA) is 42.2 Å². The van der Waals surface area contributed by atoms with Crippen molar-refractivity contribution < 1.29 is 9.21 Å². The Hall–Kier alpha value is -2.33. The Morgan fingerprint density at radius 2 is 2.14 bits per heavy atom. The first-order valence-corrected chi connectivity index (χ1v) is 7.65. The molecule has 0 saturated heterocycles. The van der Waals surface area contributed by atoms with Crippen molar-refractivity contribution in [2.45, 2.75) is 6.42 Å². The zero-order valence-corrected chi connectivity index (χ0v) is 12.2.